The van der Waals surface area contributed by atoms with Crippen LogP contribution < -0.4 is 4.68 Å². The number of rotatable bonds is 6. The van der Waals surface area contributed by atoms with E-state index in [1.807, 2.05) is 104 Å². The van der Waals surface area contributed by atoms with Crippen LogP contribution >= 0.6 is 0 Å². The maximum atomic E-state index is 5.21. The Morgan fingerprint density at radius 3 is 1.43 bits per heavy atom. The lowest BCUT2D eigenvalue weighted by atomic mass is 10.1. The van der Waals surface area contributed by atoms with E-state index in [4.69, 9.17) is 24.9 Å². The van der Waals surface area contributed by atoms with Crippen LogP contribution in [0.4, 0.5) is 0 Å². The number of hydrogen-bond acceptors (Lipinski definition) is 5. The summed E-state index contributed by atoms with van der Waals surface area (Å²) in [5.41, 5.74) is 9.64. The van der Waals surface area contributed by atoms with Crippen LogP contribution in [0.25, 0.3) is 78.9 Å². The van der Waals surface area contributed by atoms with Crippen molar-refractivity contribution in [2.45, 2.75) is 0 Å². The molecule has 0 saturated heterocycles. The second kappa shape index (κ2) is 11.7. The van der Waals surface area contributed by atoms with Gasteiger partial charge in [0.1, 0.15) is 28.4 Å². The molecule has 51 heavy (non-hydrogen) atoms. The fourth-order valence-electron chi connectivity index (χ4n) is 6.84. The van der Waals surface area contributed by atoms with E-state index >= 15 is 0 Å². The van der Waals surface area contributed by atoms with E-state index in [-0.39, 0.29) is 0 Å². The molecule has 0 atom stereocenters. The monoisotopic (exact) mass is 658 g/mol. The first-order valence-electron chi connectivity index (χ1n) is 16.7. The maximum absolute atomic E-state index is 5.21. The Bertz CT molecular complexity index is 2530. The van der Waals surface area contributed by atoms with Crippen molar-refractivity contribution in [3.05, 3.63) is 170 Å². The Balaban J connectivity index is 1.31. The molecule has 6 heterocycles. The van der Waals surface area contributed by atoms with Crippen LogP contribution in [0.1, 0.15) is 0 Å². The molecule has 0 spiro atoms. The Kier molecular flexibility index (Phi) is 6.60. The van der Waals surface area contributed by atoms with Gasteiger partial charge < -0.3 is 0 Å². The SMILES string of the molecule is c1ccc(-n2c(-c3cc(-c4nc5cccnc5n4-c4ccccc4)cc(-[n+]4cc5cccnc5n4-c4ccccc4)c3)nc3cccnc32)cc1. The molecule has 0 bridgehead atoms. The molecule has 240 valence electrons. The molecule has 0 aliphatic carbocycles. The zero-order valence-electron chi connectivity index (χ0n) is 27.2. The van der Waals surface area contributed by atoms with Crippen LogP contribution in [0, 0.1) is 0 Å². The molecule has 0 aliphatic heterocycles. The standard InChI is InChI=1S/C42H28N9/c1-4-14-32(15-5-1)49-39(46-36-20-11-23-44-41(36)49)30-25-31(40-47-37-21-12-24-45-42(37)50(40)33-16-6-2-7-17-33)27-35(26-30)48-28-29-13-10-22-43-38(29)51(48)34-18-8-3-9-19-34/h1-28H/q+1. The van der Waals surface area contributed by atoms with Crippen LogP contribution in [-0.2, 0) is 0 Å². The number of benzene rings is 4. The van der Waals surface area contributed by atoms with Gasteiger partial charge in [-0.3, -0.25) is 9.13 Å². The summed E-state index contributed by atoms with van der Waals surface area (Å²) in [5, 5.41) is 1.01. The van der Waals surface area contributed by atoms with Crippen LogP contribution in [0.2, 0.25) is 0 Å². The summed E-state index contributed by atoms with van der Waals surface area (Å²) in [6.45, 7) is 0. The molecule has 0 amide bonds. The molecule has 10 rings (SSSR count). The van der Waals surface area contributed by atoms with E-state index in [0.717, 1.165) is 78.9 Å². The van der Waals surface area contributed by atoms with Crippen molar-refractivity contribution in [3.8, 4) is 45.5 Å². The summed E-state index contributed by atoms with van der Waals surface area (Å²) in [4.78, 5) is 24.8. The summed E-state index contributed by atoms with van der Waals surface area (Å²) in [6, 6.07) is 49.2. The van der Waals surface area contributed by atoms with Gasteiger partial charge in [0.25, 0.3) is 0 Å². The molecule has 0 radical (unpaired) electrons. The number of nitrogens with zero attached hydrogens (tertiary/aromatic N) is 9. The highest BCUT2D eigenvalue weighted by molar-refractivity contribution is 5.84. The minimum Gasteiger partial charge on any atom is -0.277 e. The fraction of sp³-hybridized carbons (Fsp3) is 0. The molecular formula is C42H28N9+. The van der Waals surface area contributed by atoms with E-state index in [0.29, 0.717) is 0 Å². The van der Waals surface area contributed by atoms with Crippen molar-refractivity contribution in [1.29, 1.82) is 0 Å². The van der Waals surface area contributed by atoms with Gasteiger partial charge in [0, 0.05) is 53.2 Å². The molecule has 4 aromatic carbocycles. The zero-order chi connectivity index (χ0) is 33.7. The van der Waals surface area contributed by atoms with Crippen molar-refractivity contribution < 1.29 is 4.68 Å². The third-order valence-electron chi connectivity index (χ3n) is 9.05. The third kappa shape index (κ3) is 4.79. The highest BCUT2D eigenvalue weighted by Gasteiger charge is 2.26. The van der Waals surface area contributed by atoms with Crippen LogP contribution in [-0.4, -0.2) is 38.7 Å². The van der Waals surface area contributed by atoms with Crippen molar-refractivity contribution in [2.75, 3.05) is 0 Å². The smallest absolute Gasteiger partial charge is 0.237 e. The highest BCUT2D eigenvalue weighted by atomic mass is 15.4. The van der Waals surface area contributed by atoms with Crippen molar-refractivity contribution in [2.24, 2.45) is 0 Å². The van der Waals surface area contributed by atoms with Gasteiger partial charge in [-0.15, -0.1) is 0 Å². The van der Waals surface area contributed by atoms with Gasteiger partial charge in [-0.2, -0.15) is 0 Å². The van der Waals surface area contributed by atoms with Gasteiger partial charge in [0.15, 0.2) is 11.3 Å². The fourth-order valence-corrected chi connectivity index (χ4v) is 6.84. The Morgan fingerprint density at radius 1 is 0.431 bits per heavy atom. The predicted molar refractivity (Wildman–Crippen MR) is 198 cm³/mol. The average molecular weight is 659 g/mol. The van der Waals surface area contributed by atoms with E-state index in [1.54, 1.807) is 0 Å². The first-order valence-corrected chi connectivity index (χ1v) is 16.7. The summed E-state index contributed by atoms with van der Waals surface area (Å²) >= 11 is 0. The van der Waals surface area contributed by atoms with Gasteiger partial charge in [0.2, 0.25) is 17.5 Å². The van der Waals surface area contributed by atoms with E-state index < -0.39 is 0 Å². The summed E-state index contributed by atoms with van der Waals surface area (Å²) in [6.07, 6.45) is 7.58. The number of para-hydroxylation sites is 3. The first-order chi connectivity index (χ1) is 25.3. The molecule has 9 nitrogen and oxygen atoms in total. The zero-order valence-corrected chi connectivity index (χ0v) is 27.2. The van der Waals surface area contributed by atoms with E-state index in [9.17, 15) is 0 Å². The van der Waals surface area contributed by atoms with Crippen molar-refractivity contribution in [1.82, 2.24) is 38.7 Å². The van der Waals surface area contributed by atoms with Gasteiger partial charge in [-0.1, -0.05) is 64.0 Å². The minimum atomic E-state index is 0.764. The normalized spacial score (nSPS) is 11.5. The van der Waals surface area contributed by atoms with Gasteiger partial charge >= 0.3 is 0 Å². The van der Waals surface area contributed by atoms with Crippen LogP contribution in [0.3, 0.4) is 0 Å². The van der Waals surface area contributed by atoms with Crippen molar-refractivity contribution in [3.63, 3.8) is 0 Å². The van der Waals surface area contributed by atoms with Crippen LogP contribution in [0.15, 0.2) is 170 Å². The van der Waals surface area contributed by atoms with E-state index in [2.05, 4.69) is 85.4 Å². The number of aromatic nitrogens is 9. The van der Waals surface area contributed by atoms with Crippen molar-refractivity contribution >= 4 is 33.4 Å². The number of pyridine rings is 3. The molecule has 0 fully saturated rings. The average Bonchev–Trinajstić information content (AvgIpc) is 3.91. The van der Waals surface area contributed by atoms with Gasteiger partial charge in [0.05, 0.1) is 5.39 Å². The Morgan fingerprint density at radius 2 is 0.902 bits per heavy atom. The molecule has 0 saturated carbocycles. The first kappa shape index (κ1) is 28.7. The summed E-state index contributed by atoms with van der Waals surface area (Å²) < 4.78 is 8.54. The molecule has 9 heteroatoms. The Labute approximate surface area is 292 Å². The number of hydrogen-bond donors (Lipinski definition) is 0. The molecule has 0 aliphatic rings. The van der Waals surface area contributed by atoms with Gasteiger partial charge in [-0.05, 0) is 78.9 Å². The molecule has 0 unspecified atom stereocenters. The largest absolute Gasteiger partial charge is 0.277 e. The summed E-state index contributed by atoms with van der Waals surface area (Å²) in [7, 11) is 0. The second-order valence-electron chi connectivity index (χ2n) is 12.2. The lowest BCUT2D eigenvalue weighted by Crippen LogP contribution is -2.39. The lowest BCUT2D eigenvalue weighted by molar-refractivity contribution is -0.672. The topological polar surface area (TPSA) is 83.1 Å². The third-order valence-corrected chi connectivity index (χ3v) is 9.05. The molecule has 0 N–H and O–H groups in total. The van der Waals surface area contributed by atoms with E-state index in [1.165, 1.54) is 0 Å². The quantitative estimate of drug-likeness (QED) is 0.169. The lowest BCUT2D eigenvalue weighted by Gasteiger charge is -2.13. The summed E-state index contributed by atoms with van der Waals surface area (Å²) in [5.74, 6) is 1.53. The Hall–Kier alpha value is -7.26. The number of fused-ring (bicyclic) bond motifs is 3. The highest BCUT2D eigenvalue weighted by Crippen LogP contribution is 2.34. The molecule has 6 aromatic heterocycles. The molecule has 10 aromatic rings. The second-order valence-corrected chi connectivity index (χ2v) is 12.2. The van der Waals surface area contributed by atoms with Crippen LogP contribution in [0.5, 0.6) is 0 Å². The number of imidazole rings is 2. The molecular weight excluding hydrogens is 631 g/mol. The minimum absolute atomic E-state index is 0.764. The van der Waals surface area contributed by atoms with Gasteiger partial charge in [-0.25, -0.2) is 24.9 Å². The predicted octanol–water partition coefficient (Wildman–Crippen LogP) is 8.10. The maximum Gasteiger partial charge on any atom is 0.237 e.